The number of benzene rings is 2. The van der Waals surface area contributed by atoms with E-state index >= 15 is 0 Å². The number of nitrogens with two attached hydrogens (primary N) is 1. The Morgan fingerprint density at radius 2 is 1.78 bits per heavy atom. The number of halogens is 1. The third-order valence-electron chi connectivity index (χ3n) is 3.53. The van der Waals surface area contributed by atoms with E-state index in [2.05, 4.69) is 4.99 Å². The molecule has 7 nitrogen and oxygen atoms in total. The number of sulfonamides is 1. The summed E-state index contributed by atoms with van der Waals surface area (Å²) in [6, 6.07) is 14.2. The van der Waals surface area contributed by atoms with Crippen molar-refractivity contribution in [2.45, 2.75) is 18.4 Å². The predicted octanol–water partition coefficient (Wildman–Crippen LogP) is 2.31. The van der Waals surface area contributed by atoms with Crippen molar-refractivity contribution in [2.24, 2.45) is 10.7 Å². The molecular formula is C18H17ClN4O3S. The first-order valence-corrected chi connectivity index (χ1v) is 9.62. The molecule has 140 valence electrons. The molecule has 0 spiro atoms. The SMILES string of the molecule is CC(=O)N=C(N)CN(Cc1ccc(C#N)cc1)S(=O)(=O)c1ccc(Cl)cc1. The third-order valence-corrected chi connectivity index (χ3v) is 5.59. The fraction of sp³-hybridized carbons (Fsp3) is 0.167. The summed E-state index contributed by atoms with van der Waals surface area (Å²) in [4.78, 5) is 14.8. The first-order valence-electron chi connectivity index (χ1n) is 7.80. The van der Waals surface area contributed by atoms with Crippen molar-refractivity contribution < 1.29 is 13.2 Å². The van der Waals surface area contributed by atoms with E-state index in [0.717, 1.165) is 4.31 Å². The van der Waals surface area contributed by atoms with Crippen LogP contribution in [0.2, 0.25) is 5.02 Å². The second kappa shape index (κ2) is 8.77. The van der Waals surface area contributed by atoms with Gasteiger partial charge >= 0.3 is 0 Å². The van der Waals surface area contributed by atoms with Crippen molar-refractivity contribution in [3.05, 3.63) is 64.7 Å². The van der Waals surface area contributed by atoms with Crippen molar-refractivity contribution in [1.29, 1.82) is 5.26 Å². The number of hydrogen-bond donors (Lipinski definition) is 1. The van der Waals surface area contributed by atoms with Crippen LogP contribution in [-0.2, 0) is 21.4 Å². The summed E-state index contributed by atoms with van der Waals surface area (Å²) >= 11 is 5.83. The summed E-state index contributed by atoms with van der Waals surface area (Å²) < 4.78 is 27.2. The summed E-state index contributed by atoms with van der Waals surface area (Å²) in [6.45, 7) is 0.959. The maximum atomic E-state index is 13.0. The Hall–Kier alpha value is -2.73. The molecule has 0 fully saturated rings. The van der Waals surface area contributed by atoms with E-state index in [1.807, 2.05) is 6.07 Å². The van der Waals surface area contributed by atoms with Gasteiger partial charge in [0.1, 0.15) is 5.84 Å². The van der Waals surface area contributed by atoms with Crippen LogP contribution >= 0.6 is 11.6 Å². The molecule has 0 aromatic heterocycles. The van der Waals surface area contributed by atoms with E-state index in [0.29, 0.717) is 16.1 Å². The molecule has 1 amide bonds. The van der Waals surface area contributed by atoms with Crippen LogP contribution < -0.4 is 5.73 Å². The second-order valence-electron chi connectivity index (χ2n) is 5.66. The molecule has 27 heavy (non-hydrogen) atoms. The first-order chi connectivity index (χ1) is 12.7. The van der Waals surface area contributed by atoms with Gasteiger partial charge in [-0.3, -0.25) is 4.79 Å². The molecule has 9 heteroatoms. The lowest BCUT2D eigenvalue weighted by Gasteiger charge is -2.22. The normalized spacial score (nSPS) is 12.0. The van der Waals surface area contributed by atoms with Crippen LogP contribution in [0.1, 0.15) is 18.1 Å². The minimum Gasteiger partial charge on any atom is -0.386 e. The zero-order chi connectivity index (χ0) is 20.0. The van der Waals surface area contributed by atoms with E-state index in [-0.39, 0.29) is 23.8 Å². The topological polar surface area (TPSA) is 117 Å². The highest BCUT2D eigenvalue weighted by molar-refractivity contribution is 7.89. The maximum absolute atomic E-state index is 13.0. The Morgan fingerprint density at radius 3 is 2.30 bits per heavy atom. The molecule has 0 aliphatic rings. The number of carbonyl (C=O) groups excluding carboxylic acids is 1. The fourth-order valence-electron chi connectivity index (χ4n) is 2.29. The zero-order valence-corrected chi connectivity index (χ0v) is 16.0. The van der Waals surface area contributed by atoms with Crippen molar-refractivity contribution in [2.75, 3.05) is 6.54 Å². The van der Waals surface area contributed by atoms with E-state index in [1.54, 1.807) is 24.3 Å². The molecule has 0 unspecified atom stereocenters. The monoisotopic (exact) mass is 404 g/mol. The van der Waals surface area contributed by atoms with Crippen LogP contribution in [0.15, 0.2) is 58.4 Å². The smallest absolute Gasteiger partial charge is 0.244 e. The van der Waals surface area contributed by atoms with Gasteiger partial charge in [-0.25, -0.2) is 8.42 Å². The van der Waals surface area contributed by atoms with Crippen LogP contribution in [0, 0.1) is 11.3 Å². The second-order valence-corrected chi connectivity index (χ2v) is 8.03. The number of amidine groups is 1. The molecule has 0 saturated carbocycles. The number of amides is 1. The number of rotatable bonds is 6. The Bertz CT molecular complexity index is 994. The van der Waals surface area contributed by atoms with Crippen molar-refractivity contribution in [3.8, 4) is 6.07 Å². The van der Waals surface area contributed by atoms with Gasteiger partial charge in [0.05, 0.1) is 23.1 Å². The maximum Gasteiger partial charge on any atom is 0.244 e. The molecule has 0 bridgehead atoms. The Morgan fingerprint density at radius 1 is 1.19 bits per heavy atom. The third kappa shape index (κ3) is 5.62. The van der Waals surface area contributed by atoms with Gasteiger partial charge in [-0.2, -0.15) is 14.6 Å². The van der Waals surface area contributed by atoms with Crippen LogP contribution in [0.3, 0.4) is 0 Å². The lowest BCUT2D eigenvalue weighted by Crippen LogP contribution is -2.38. The summed E-state index contributed by atoms with van der Waals surface area (Å²) in [5.41, 5.74) is 6.85. The van der Waals surface area contributed by atoms with Crippen molar-refractivity contribution in [1.82, 2.24) is 4.31 Å². The minimum atomic E-state index is -3.93. The summed E-state index contributed by atoms with van der Waals surface area (Å²) in [7, 11) is -3.93. The summed E-state index contributed by atoms with van der Waals surface area (Å²) in [5.74, 6) is -0.636. The average molecular weight is 405 g/mol. The number of nitrogens with zero attached hydrogens (tertiary/aromatic N) is 3. The quantitative estimate of drug-likeness (QED) is 0.585. The van der Waals surface area contributed by atoms with Crippen molar-refractivity contribution in [3.63, 3.8) is 0 Å². The molecule has 2 aromatic rings. The molecular weight excluding hydrogens is 388 g/mol. The zero-order valence-electron chi connectivity index (χ0n) is 14.5. The highest BCUT2D eigenvalue weighted by Crippen LogP contribution is 2.20. The fourth-order valence-corrected chi connectivity index (χ4v) is 3.81. The average Bonchev–Trinajstić information content (AvgIpc) is 2.61. The number of carbonyl (C=O) groups is 1. The Labute approximate surface area is 162 Å². The molecule has 0 aliphatic carbocycles. The van der Waals surface area contributed by atoms with Gasteiger partial charge in [-0.05, 0) is 42.0 Å². The van der Waals surface area contributed by atoms with Gasteiger partial charge in [0.2, 0.25) is 15.9 Å². The molecule has 2 N–H and O–H groups in total. The Kier molecular flexibility index (Phi) is 6.69. The van der Waals surface area contributed by atoms with E-state index in [9.17, 15) is 13.2 Å². The molecule has 0 radical (unpaired) electrons. The number of hydrogen-bond acceptors (Lipinski definition) is 4. The van der Waals surface area contributed by atoms with Crippen LogP contribution in [-0.4, -0.2) is 31.0 Å². The van der Waals surface area contributed by atoms with Gasteiger partial charge < -0.3 is 5.73 Å². The highest BCUT2D eigenvalue weighted by atomic mass is 35.5. The number of aliphatic imine (C=N–C) groups is 1. The van der Waals surface area contributed by atoms with Gasteiger partial charge in [0.15, 0.2) is 0 Å². The lowest BCUT2D eigenvalue weighted by molar-refractivity contribution is -0.115. The summed E-state index contributed by atoms with van der Waals surface area (Å²) in [5, 5.41) is 9.29. The molecule has 2 rings (SSSR count). The Balaban J connectivity index is 2.40. The molecule has 0 aliphatic heterocycles. The van der Waals surface area contributed by atoms with Crippen LogP contribution in [0.4, 0.5) is 0 Å². The van der Waals surface area contributed by atoms with Crippen LogP contribution in [0.25, 0.3) is 0 Å². The highest BCUT2D eigenvalue weighted by Gasteiger charge is 2.25. The predicted molar refractivity (Wildman–Crippen MR) is 103 cm³/mol. The van der Waals surface area contributed by atoms with Gasteiger partial charge in [0.25, 0.3) is 0 Å². The van der Waals surface area contributed by atoms with E-state index in [1.165, 1.54) is 31.2 Å². The van der Waals surface area contributed by atoms with Crippen LogP contribution in [0.5, 0.6) is 0 Å². The molecule has 0 saturated heterocycles. The van der Waals surface area contributed by atoms with Gasteiger partial charge in [-0.1, -0.05) is 23.7 Å². The number of nitriles is 1. The van der Waals surface area contributed by atoms with Gasteiger partial charge in [0, 0.05) is 18.5 Å². The van der Waals surface area contributed by atoms with E-state index < -0.39 is 15.9 Å². The first kappa shape index (κ1) is 20.6. The largest absolute Gasteiger partial charge is 0.386 e. The molecule has 2 aromatic carbocycles. The summed E-state index contributed by atoms with van der Waals surface area (Å²) in [6.07, 6.45) is 0. The van der Waals surface area contributed by atoms with Gasteiger partial charge in [-0.15, -0.1) is 0 Å². The van der Waals surface area contributed by atoms with Crippen molar-refractivity contribution >= 4 is 33.4 Å². The lowest BCUT2D eigenvalue weighted by atomic mass is 10.1. The molecule has 0 heterocycles. The minimum absolute atomic E-state index is 0.00913. The standard InChI is InChI=1S/C18H17ClN4O3S/c1-13(24)22-18(21)12-23(11-15-4-2-14(10-20)3-5-15)27(25,26)17-8-6-16(19)7-9-17/h2-9H,11-12H2,1H3,(H2,21,22,24). The van der Waals surface area contributed by atoms with E-state index in [4.69, 9.17) is 22.6 Å². The molecule has 0 atom stereocenters.